The Bertz CT molecular complexity index is 419. The van der Waals surface area contributed by atoms with Crippen LogP contribution in [0.4, 0.5) is 11.4 Å². The van der Waals surface area contributed by atoms with E-state index in [1.807, 2.05) is 0 Å². The zero-order valence-electron chi connectivity index (χ0n) is 11.5. The van der Waals surface area contributed by atoms with Crippen molar-refractivity contribution in [3.05, 3.63) is 23.8 Å². The van der Waals surface area contributed by atoms with Gasteiger partial charge in [0.25, 0.3) is 0 Å². The van der Waals surface area contributed by atoms with Crippen molar-refractivity contribution in [2.24, 2.45) is 5.92 Å². The summed E-state index contributed by atoms with van der Waals surface area (Å²) in [5.41, 5.74) is 6.84. The van der Waals surface area contributed by atoms with Gasteiger partial charge in [0.15, 0.2) is 0 Å². The number of ether oxygens (including phenoxy) is 1. The maximum atomic E-state index is 10.8. The van der Waals surface area contributed by atoms with Gasteiger partial charge in [-0.2, -0.15) is 0 Å². The Kier molecular flexibility index (Phi) is 6.15. The Balaban J connectivity index is 2.30. The van der Waals surface area contributed by atoms with Crippen molar-refractivity contribution >= 4 is 17.3 Å². The molecule has 0 heterocycles. The number of hydrogen-bond acceptors (Lipinski definition) is 4. The van der Waals surface area contributed by atoms with Crippen LogP contribution < -0.4 is 11.1 Å². The van der Waals surface area contributed by atoms with Crippen molar-refractivity contribution in [2.45, 2.75) is 20.3 Å². The average Bonchev–Trinajstić information content (AvgIpc) is 2.32. The number of hydrogen-bond donors (Lipinski definition) is 3. The molecule has 5 heteroatoms. The largest absolute Gasteiger partial charge is 0.478 e. The number of carbonyl (C=O) groups is 1. The number of aromatic carboxylic acids is 1. The smallest absolute Gasteiger partial charge is 0.337 e. The van der Waals surface area contributed by atoms with Gasteiger partial charge in [0.05, 0.1) is 12.2 Å². The average molecular weight is 266 g/mol. The van der Waals surface area contributed by atoms with Crippen LogP contribution >= 0.6 is 0 Å². The van der Waals surface area contributed by atoms with E-state index in [1.165, 1.54) is 6.07 Å². The third-order valence-corrected chi connectivity index (χ3v) is 2.70. The summed E-state index contributed by atoms with van der Waals surface area (Å²) < 4.78 is 5.47. The van der Waals surface area contributed by atoms with E-state index in [2.05, 4.69) is 19.2 Å². The molecule has 0 radical (unpaired) electrons. The molecule has 5 nitrogen and oxygen atoms in total. The van der Waals surface area contributed by atoms with Crippen LogP contribution in [-0.2, 0) is 4.74 Å². The Labute approximate surface area is 113 Å². The second-order valence-corrected chi connectivity index (χ2v) is 4.83. The first-order valence-electron chi connectivity index (χ1n) is 6.45. The van der Waals surface area contributed by atoms with Crippen molar-refractivity contribution in [3.8, 4) is 0 Å². The summed E-state index contributed by atoms with van der Waals surface area (Å²) in [4.78, 5) is 10.8. The van der Waals surface area contributed by atoms with Gasteiger partial charge in [-0.25, -0.2) is 4.79 Å². The molecule has 0 saturated carbocycles. The molecular weight excluding hydrogens is 244 g/mol. The maximum absolute atomic E-state index is 10.8. The summed E-state index contributed by atoms with van der Waals surface area (Å²) in [6, 6.07) is 4.82. The van der Waals surface area contributed by atoms with E-state index in [0.29, 0.717) is 19.1 Å². The molecule has 0 fully saturated rings. The number of rotatable bonds is 8. The van der Waals surface area contributed by atoms with Crippen LogP contribution in [0.3, 0.4) is 0 Å². The van der Waals surface area contributed by atoms with Crippen molar-refractivity contribution in [3.63, 3.8) is 0 Å². The second kappa shape index (κ2) is 7.63. The van der Waals surface area contributed by atoms with Gasteiger partial charge in [-0.3, -0.25) is 0 Å². The lowest BCUT2D eigenvalue weighted by Gasteiger charge is -2.10. The lowest BCUT2D eigenvalue weighted by atomic mass is 10.1. The molecule has 0 atom stereocenters. The van der Waals surface area contributed by atoms with Crippen LogP contribution in [0.2, 0.25) is 0 Å². The summed E-state index contributed by atoms with van der Waals surface area (Å²) in [7, 11) is 0. The number of nitrogen functional groups attached to an aromatic ring is 1. The molecule has 1 aromatic carbocycles. The molecule has 4 N–H and O–H groups in total. The Morgan fingerprint density at radius 3 is 2.74 bits per heavy atom. The third kappa shape index (κ3) is 5.61. The first-order valence-corrected chi connectivity index (χ1v) is 6.45. The van der Waals surface area contributed by atoms with Crippen molar-refractivity contribution in [2.75, 3.05) is 30.8 Å². The fourth-order valence-corrected chi connectivity index (χ4v) is 1.56. The van der Waals surface area contributed by atoms with Crippen LogP contribution in [0.15, 0.2) is 18.2 Å². The van der Waals surface area contributed by atoms with E-state index in [1.54, 1.807) is 12.1 Å². The Morgan fingerprint density at radius 2 is 2.16 bits per heavy atom. The van der Waals surface area contributed by atoms with Gasteiger partial charge in [0, 0.05) is 24.5 Å². The fraction of sp³-hybridized carbons (Fsp3) is 0.500. The molecule has 0 spiro atoms. The van der Waals surface area contributed by atoms with Crippen LogP contribution in [0, 0.1) is 5.92 Å². The van der Waals surface area contributed by atoms with Crippen molar-refractivity contribution in [1.82, 2.24) is 0 Å². The van der Waals surface area contributed by atoms with E-state index in [-0.39, 0.29) is 11.3 Å². The van der Waals surface area contributed by atoms with Crippen molar-refractivity contribution in [1.29, 1.82) is 0 Å². The zero-order chi connectivity index (χ0) is 14.3. The van der Waals surface area contributed by atoms with E-state index < -0.39 is 5.97 Å². The highest BCUT2D eigenvalue weighted by molar-refractivity contribution is 5.94. The van der Waals surface area contributed by atoms with Gasteiger partial charge in [0.2, 0.25) is 0 Å². The predicted molar refractivity (Wildman–Crippen MR) is 76.6 cm³/mol. The predicted octanol–water partition coefficient (Wildman–Crippen LogP) is 2.44. The molecule has 0 unspecified atom stereocenters. The van der Waals surface area contributed by atoms with Crippen LogP contribution in [0.25, 0.3) is 0 Å². The van der Waals surface area contributed by atoms with Crippen LogP contribution in [0.1, 0.15) is 30.6 Å². The van der Waals surface area contributed by atoms with Gasteiger partial charge in [-0.1, -0.05) is 13.8 Å². The minimum atomic E-state index is -1.01. The number of nitrogens with one attached hydrogen (secondary N) is 1. The summed E-state index contributed by atoms with van der Waals surface area (Å²) in [5.74, 6) is -0.364. The highest BCUT2D eigenvalue weighted by atomic mass is 16.5. The summed E-state index contributed by atoms with van der Waals surface area (Å²) in [5, 5.41) is 12.0. The highest BCUT2D eigenvalue weighted by Crippen LogP contribution is 2.17. The molecule has 0 aromatic heterocycles. The monoisotopic (exact) mass is 266 g/mol. The molecule has 1 rings (SSSR count). The molecule has 0 bridgehead atoms. The van der Waals surface area contributed by atoms with E-state index in [0.717, 1.165) is 18.7 Å². The minimum Gasteiger partial charge on any atom is -0.478 e. The standard InChI is InChI=1S/C14H22N2O3/c1-10(2)5-7-19-8-6-16-11-3-4-12(14(17)18)13(15)9-11/h3-4,9-10,16H,5-8,15H2,1-2H3,(H,17,18). The molecule has 106 valence electrons. The quantitative estimate of drug-likeness (QED) is 0.497. The summed E-state index contributed by atoms with van der Waals surface area (Å²) in [6.07, 6.45) is 1.06. The number of carboxylic acids is 1. The summed E-state index contributed by atoms with van der Waals surface area (Å²) >= 11 is 0. The normalized spacial score (nSPS) is 10.7. The molecule has 19 heavy (non-hydrogen) atoms. The molecule has 0 aliphatic heterocycles. The molecule has 0 amide bonds. The highest BCUT2D eigenvalue weighted by Gasteiger charge is 2.07. The van der Waals surface area contributed by atoms with E-state index >= 15 is 0 Å². The van der Waals surface area contributed by atoms with E-state index in [4.69, 9.17) is 15.6 Å². The van der Waals surface area contributed by atoms with Crippen LogP contribution in [0.5, 0.6) is 0 Å². The third-order valence-electron chi connectivity index (χ3n) is 2.70. The topological polar surface area (TPSA) is 84.6 Å². The first kappa shape index (κ1) is 15.3. The fourth-order valence-electron chi connectivity index (χ4n) is 1.56. The second-order valence-electron chi connectivity index (χ2n) is 4.83. The molecule has 0 aliphatic carbocycles. The maximum Gasteiger partial charge on any atom is 0.337 e. The molecule has 0 aliphatic rings. The lowest BCUT2D eigenvalue weighted by molar-refractivity contribution is 0.0698. The molecule has 1 aromatic rings. The van der Waals surface area contributed by atoms with Gasteiger partial charge >= 0.3 is 5.97 Å². The molecular formula is C14H22N2O3. The van der Waals surface area contributed by atoms with Crippen LogP contribution in [-0.4, -0.2) is 30.8 Å². The van der Waals surface area contributed by atoms with Gasteiger partial charge in [-0.05, 0) is 30.5 Å². The summed E-state index contributed by atoms with van der Waals surface area (Å²) in [6.45, 7) is 6.37. The first-order chi connectivity index (χ1) is 9.00. The van der Waals surface area contributed by atoms with Crippen molar-refractivity contribution < 1.29 is 14.6 Å². The van der Waals surface area contributed by atoms with Gasteiger partial charge < -0.3 is 20.9 Å². The van der Waals surface area contributed by atoms with Gasteiger partial charge in [0.1, 0.15) is 0 Å². The SMILES string of the molecule is CC(C)CCOCCNc1ccc(C(=O)O)c(N)c1. The Morgan fingerprint density at radius 1 is 1.42 bits per heavy atom. The number of nitrogens with two attached hydrogens (primary N) is 1. The lowest BCUT2D eigenvalue weighted by Crippen LogP contribution is -2.11. The zero-order valence-corrected chi connectivity index (χ0v) is 11.5. The van der Waals surface area contributed by atoms with Gasteiger partial charge in [-0.15, -0.1) is 0 Å². The van der Waals surface area contributed by atoms with E-state index in [9.17, 15) is 4.79 Å². The number of anilines is 2. The number of benzene rings is 1. The Hall–Kier alpha value is -1.75. The minimum absolute atomic E-state index is 0.124. The molecule has 0 saturated heterocycles. The number of carboxylic acid groups (broad SMARTS) is 1.